The van der Waals surface area contributed by atoms with Crippen LogP contribution >= 0.6 is 0 Å². The topological polar surface area (TPSA) is 55.4 Å². The third-order valence-electron chi connectivity index (χ3n) is 2.74. The van der Waals surface area contributed by atoms with E-state index in [1.807, 2.05) is 13.8 Å². The summed E-state index contributed by atoms with van der Waals surface area (Å²) in [6.07, 6.45) is 0.311. The maximum Gasteiger partial charge on any atom is 0.230 e. The Kier molecular flexibility index (Phi) is 3.63. The molecule has 2 amide bonds. The van der Waals surface area contributed by atoms with E-state index in [9.17, 15) is 9.59 Å². The minimum absolute atomic E-state index is 0.131. The van der Waals surface area contributed by atoms with Gasteiger partial charge in [-0.1, -0.05) is 13.8 Å². The number of imide groups is 1. The molecule has 14 heavy (non-hydrogen) atoms. The Bertz CT molecular complexity index is 238. The van der Waals surface area contributed by atoms with Crippen molar-refractivity contribution in [1.82, 2.24) is 5.32 Å². The van der Waals surface area contributed by atoms with Crippen LogP contribution in [0.25, 0.3) is 0 Å². The molecule has 2 unspecified atom stereocenters. The largest absolute Gasteiger partial charge is 0.384 e. The fraction of sp³-hybridized carbons (Fsp3) is 0.800. The third-order valence-corrected chi connectivity index (χ3v) is 2.74. The molecule has 2 atom stereocenters. The van der Waals surface area contributed by atoms with Gasteiger partial charge in [0.2, 0.25) is 11.8 Å². The van der Waals surface area contributed by atoms with Gasteiger partial charge in [0.1, 0.15) is 0 Å². The summed E-state index contributed by atoms with van der Waals surface area (Å²) >= 11 is 0. The molecule has 0 spiro atoms. The average Bonchev–Trinajstić information content (AvgIpc) is 2.40. The molecule has 0 aliphatic carbocycles. The highest BCUT2D eigenvalue weighted by Gasteiger charge is 2.37. The number of nitrogens with one attached hydrogen (secondary N) is 1. The zero-order valence-electron chi connectivity index (χ0n) is 8.87. The Balaban J connectivity index is 2.68. The second-order valence-electron chi connectivity index (χ2n) is 4.09. The van der Waals surface area contributed by atoms with Crippen molar-refractivity contribution < 1.29 is 14.3 Å². The summed E-state index contributed by atoms with van der Waals surface area (Å²) in [4.78, 5) is 22.4. The number of ether oxygens (including phenoxy) is 1. The predicted molar refractivity (Wildman–Crippen MR) is 51.5 cm³/mol. The molecule has 1 heterocycles. The fourth-order valence-electron chi connectivity index (χ4n) is 1.89. The summed E-state index contributed by atoms with van der Waals surface area (Å²) in [5.74, 6) is -0.0435. The molecule has 0 radical (unpaired) electrons. The fourth-order valence-corrected chi connectivity index (χ4v) is 1.89. The summed E-state index contributed by atoms with van der Waals surface area (Å²) in [7, 11) is 1.62. The Morgan fingerprint density at radius 3 is 2.50 bits per heavy atom. The molecule has 1 fully saturated rings. The van der Waals surface area contributed by atoms with Crippen LogP contribution in [0.1, 0.15) is 20.3 Å². The van der Waals surface area contributed by atoms with Gasteiger partial charge in [0.15, 0.2) is 0 Å². The summed E-state index contributed by atoms with van der Waals surface area (Å²) in [6, 6.07) is 0. The number of hydrogen-bond acceptors (Lipinski definition) is 3. The first-order valence-corrected chi connectivity index (χ1v) is 4.89. The zero-order valence-corrected chi connectivity index (χ0v) is 8.87. The minimum atomic E-state index is -0.206. The van der Waals surface area contributed by atoms with E-state index in [4.69, 9.17) is 4.74 Å². The predicted octanol–water partition coefficient (Wildman–Crippen LogP) is 0.568. The van der Waals surface area contributed by atoms with E-state index >= 15 is 0 Å². The van der Waals surface area contributed by atoms with Gasteiger partial charge < -0.3 is 4.74 Å². The van der Waals surface area contributed by atoms with E-state index in [2.05, 4.69) is 5.32 Å². The van der Waals surface area contributed by atoms with Gasteiger partial charge in [0.05, 0.1) is 12.5 Å². The molecule has 1 aliphatic heterocycles. The summed E-state index contributed by atoms with van der Waals surface area (Å²) < 4.78 is 5.07. The van der Waals surface area contributed by atoms with E-state index in [-0.39, 0.29) is 23.7 Å². The molecule has 0 saturated carbocycles. The highest BCUT2D eigenvalue weighted by Crippen LogP contribution is 2.27. The Morgan fingerprint density at radius 2 is 2.14 bits per heavy atom. The third kappa shape index (κ3) is 2.32. The van der Waals surface area contributed by atoms with Crippen molar-refractivity contribution in [2.24, 2.45) is 17.8 Å². The smallest absolute Gasteiger partial charge is 0.230 e. The maximum atomic E-state index is 11.4. The van der Waals surface area contributed by atoms with Crippen LogP contribution in [0.4, 0.5) is 0 Å². The Labute approximate surface area is 84.0 Å². The Morgan fingerprint density at radius 1 is 1.50 bits per heavy atom. The van der Waals surface area contributed by atoms with Crippen LogP contribution in [0.5, 0.6) is 0 Å². The number of carbonyl (C=O) groups is 2. The lowest BCUT2D eigenvalue weighted by Crippen LogP contribution is -2.31. The van der Waals surface area contributed by atoms with Crippen LogP contribution in [-0.2, 0) is 14.3 Å². The molecule has 1 rings (SSSR count). The lowest BCUT2D eigenvalue weighted by Gasteiger charge is -2.23. The highest BCUT2D eigenvalue weighted by molar-refractivity contribution is 6.03. The van der Waals surface area contributed by atoms with Crippen LogP contribution < -0.4 is 5.32 Å². The molecule has 0 aromatic rings. The second-order valence-corrected chi connectivity index (χ2v) is 4.09. The van der Waals surface area contributed by atoms with Crippen LogP contribution in [0, 0.1) is 17.8 Å². The van der Waals surface area contributed by atoms with Gasteiger partial charge in [-0.05, 0) is 11.8 Å². The molecule has 0 bridgehead atoms. The monoisotopic (exact) mass is 199 g/mol. The van der Waals surface area contributed by atoms with Crippen molar-refractivity contribution in [3.8, 4) is 0 Å². The number of amides is 2. The lowest BCUT2D eigenvalue weighted by atomic mass is 9.83. The van der Waals surface area contributed by atoms with Crippen molar-refractivity contribution in [2.45, 2.75) is 20.3 Å². The van der Waals surface area contributed by atoms with Crippen molar-refractivity contribution in [3.05, 3.63) is 0 Å². The summed E-state index contributed by atoms with van der Waals surface area (Å²) in [5.41, 5.74) is 0. The lowest BCUT2D eigenvalue weighted by molar-refractivity contribution is -0.127. The normalized spacial score (nSPS) is 24.1. The van der Waals surface area contributed by atoms with Crippen LogP contribution in [0.2, 0.25) is 0 Å². The molecule has 4 heteroatoms. The van der Waals surface area contributed by atoms with Gasteiger partial charge in [-0.3, -0.25) is 14.9 Å². The van der Waals surface area contributed by atoms with Gasteiger partial charge >= 0.3 is 0 Å². The first kappa shape index (κ1) is 11.2. The molecule has 1 saturated heterocycles. The summed E-state index contributed by atoms with van der Waals surface area (Å²) in [5, 5.41) is 2.33. The Hall–Kier alpha value is -0.900. The van der Waals surface area contributed by atoms with Crippen molar-refractivity contribution >= 4 is 11.8 Å². The van der Waals surface area contributed by atoms with Crippen LogP contribution in [0.3, 0.4) is 0 Å². The maximum absolute atomic E-state index is 11.4. The van der Waals surface area contributed by atoms with Gasteiger partial charge in [0, 0.05) is 13.5 Å². The molecule has 1 aliphatic rings. The van der Waals surface area contributed by atoms with Gasteiger partial charge in [0.25, 0.3) is 0 Å². The molecule has 0 aromatic heterocycles. The number of hydrogen-bond donors (Lipinski definition) is 1. The molecule has 0 aromatic carbocycles. The van der Waals surface area contributed by atoms with Crippen molar-refractivity contribution in [3.63, 3.8) is 0 Å². The van der Waals surface area contributed by atoms with Crippen LogP contribution in [0.15, 0.2) is 0 Å². The van der Waals surface area contributed by atoms with Crippen molar-refractivity contribution in [1.29, 1.82) is 0 Å². The average molecular weight is 199 g/mol. The number of rotatable bonds is 4. The second kappa shape index (κ2) is 4.55. The molecule has 4 nitrogen and oxygen atoms in total. The van der Waals surface area contributed by atoms with E-state index in [1.54, 1.807) is 7.11 Å². The van der Waals surface area contributed by atoms with Gasteiger partial charge in [-0.15, -0.1) is 0 Å². The van der Waals surface area contributed by atoms with E-state index in [1.165, 1.54) is 0 Å². The first-order valence-electron chi connectivity index (χ1n) is 4.89. The highest BCUT2D eigenvalue weighted by atomic mass is 16.5. The van der Waals surface area contributed by atoms with Crippen LogP contribution in [-0.4, -0.2) is 25.5 Å². The molecule has 80 valence electrons. The van der Waals surface area contributed by atoms with Gasteiger partial charge in [-0.2, -0.15) is 0 Å². The number of methoxy groups -OCH3 is 1. The molecular weight excluding hydrogens is 182 g/mol. The SMILES string of the molecule is COCC(C(C)C)C1CC(=O)NC1=O. The quantitative estimate of drug-likeness (QED) is 0.673. The number of carbonyl (C=O) groups excluding carboxylic acids is 2. The molecular formula is C10H17NO3. The minimum Gasteiger partial charge on any atom is -0.384 e. The summed E-state index contributed by atoms with van der Waals surface area (Å²) in [6.45, 7) is 4.61. The van der Waals surface area contributed by atoms with E-state index in [0.717, 1.165) is 0 Å². The molecule has 1 N–H and O–H groups in total. The van der Waals surface area contributed by atoms with Gasteiger partial charge in [-0.25, -0.2) is 0 Å². The van der Waals surface area contributed by atoms with Crippen molar-refractivity contribution in [2.75, 3.05) is 13.7 Å². The first-order chi connectivity index (χ1) is 6.56. The standard InChI is InChI=1S/C10H17NO3/c1-6(2)8(5-14-3)7-4-9(12)11-10(7)13/h6-8H,4-5H2,1-3H3,(H,11,12,13). The van der Waals surface area contributed by atoms with E-state index in [0.29, 0.717) is 18.9 Å². The zero-order chi connectivity index (χ0) is 10.7. The van der Waals surface area contributed by atoms with E-state index < -0.39 is 0 Å².